The van der Waals surface area contributed by atoms with Gasteiger partial charge in [0, 0.05) is 5.02 Å². The molecule has 0 fully saturated rings. The Morgan fingerprint density at radius 1 is 1.06 bits per heavy atom. The number of benzene rings is 1. The van der Waals surface area contributed by atoms with Gasteiger partial charge < -0.3 is 4.74 Å². The quantitative estimate of drug-likeness (QED) is 0.795. The Morgan fingerprint density at radius 3 is 2.47 bits per heavy atom. The van der Waals surface area contributed by atoms with Crippen molar-refractivity contribution in [3.05, 3.63) is 52.0 Å². The Hall–Kier alpha value is -1.19. The van der Waals surface area contributed by atoms with Crippen LogP contribution in [0.15, 0.2) is 36.4 Å². The third-order valence-corrected chi connectivity index (χ3v) is 2.66. The summed E-state index contributed by atoms with van der Waals surface area (Å²) in [7, 11) is 5.55. The summed E-state index contributed by atoms with van der Waals surface area (Å²) in [5.41, 5.74) is 1.36. The zero-order valence-electron chi connectivity index (χ0n) is 8.86. The summed E-state index contributed by atoms with van der Waals surface area (Å²) in [5, 5.41) is 1.13. The smallest absolute Gasteiger partial charge is 0.232 e. The first kappa shape index (κ1) is 12.3. The predicted octanol–water partition coefficient (Wildman–Crippen LogP) is 2.76. The molecule has 1 aromatic heterocycles. The van der Waals surface area contributed by atoms with Gasteiger partial charge in [0.25, 0.3) is 0 Å². The van der Waals surface area contributed by atoms with Crippen LogP contribution < -0.4 is 10.3 Å². The van der Waals surface area contributed by atoms with Gasteiger partial charge in [0.05, 0.1) is 0 Å². The molecule has 2 radical (unpaired) electrons. The van der Waals surface area contributed by atoms with Crippen molar-refractivity contribution < 1.29 is 4.74 Å². The minimum atomic E-state index is 0.335. The van der Waals surface area contributed by atoms with Gasteiger partial charge in [-0.3, -0.25) is 0 Å². The Kier molecular flexibility index (Phi) is 3.92. The van der Waals surface area contributed by atoms with Crippen LogP contribution in [0.1, 0.15) is 5.56 Å². The summed E-state index contributed by atoms with van der Waals surface area (Å²) < 4.78 is 5.48. The summed E-state index contributed by atoms with van der Waals surface area (Å²) in [5.74, 6) is 0.335. The van der Waals surface area contributed by atoms with Crippen molar-refractivity contribution in [1.29, 1.82) is 0 Å². The molecule has 1 aromatic carbocycles. The van der Waals surface area contributed by atoms with E-state index in [-0.39, 0.29) is 0 Å². The van der Waals surface area contributed by atoms with Crippen molar-refractivity contribution in [3.8, 4) is 5.88 Å². The maximum atomic E-state index is 5.92. The molecular weight excluding hydrogens is 256 g/mol. The molecule has 0 unspecified atom stereocenters. The van der Waals surface area contributed by atoms with Crippen LogP contribution in [-0.2, 0) is 6.61 Å². The summed E-state index contributed by atoms with van der Waals surface area (Å²) >= 11 is 11.7. The van der Waals surface area contributed by atoms with Crippen LogP contribution in [0.3, 0.4) is 0 Å². The summed E-state index contributed by atoms with van der Waals surface area (Å²) in [4.78, 5) is 4.00. The van der Waals surface area contributed by atoms with E-state index >= 15 is 0 Å². The predicted molar refractivity (Wildman–Crippen MR) is 70.4 cm³/mol. The van der Waals surface area contributed by atoms with Crippen molar-refractivity contribution in [1.82, 2.24) is 4.98 Å². The van der Waals surface area contributed by atoms with Crippen molar-refractivity contribution >= 4 is 36.6 Å². The number of hydrogen-bond donors (Lipinski definition) is 0. The van der Waals surface area contributed by atoms with Gasteiger partial charge in [0.2, 0.25) is 5.88 Å². The largest absolute Gasteiger partial charge is 0.472 e. The average molecular weight is 264 g/mol. The van der Waals surface area contributed by atoms with E-state index in [9.17, 15) is 0 Å². The fraction of sp³-hybridized carbons (Fsp3) is 0.0833. The number of pyridine rings is 1. The molecule has 0 saturated carbocycles. The highest BCUT2D eigenvalue weighted by Crippen LogP contribution is 2.20. The van der Waals surface area contributed by atoms with Crippen LogP contribution in [0, 0.1) is 0 Å². The molecule has 0 amide bonds. The van der Waals surface area contributed by atoms with E-state index in [2.05, 4.69) is 4.98 Å². The number of hydrogen-bond acceptors (Lipinski definition) is 2. The van der Waals surface area contributed by atoms with Crippen molar-refractivity contribution in [2.45, 2.75) is 6.61 Å². The average Bonchev–Trinajstić information content (AvgIpc) is 2.32. The monoisotopic (exact) mass is 263 g/mol. The minimum Gasteiger partial charge on any atom is -0.472 e. The van der Waals surface area contributed by atoms with Gasteiger partial charge >= 0.3 is 0 Å². The SMILES string of the molecule is [B]c1ccc(Cl)c(OCc2ccc(Cl)cc2)n1. The molecule has 0 bridgehead atoms. The van der Waals surface area contributed by atoms with Gasteiger partial charge in [0.15, 0.2) is 0 Å². The second-order valence-corrected chi connectivity index (χ2v) is 4.28. The molecule has 17 heavy (non-hydrogen) atoms. The zero-order valence-corrected chi connectivity index (χ0v) is 10.4. The molecule has 0 aliphatic carbocycles. The van der Waals surface area contributed by atoms with E-state index in [0.717, 1.165) is 5.56 Å². The van der Waals surface area contributed by atoms with Crippen LogP contribution in [0.5, 0.6) is 5.88 Å². The van der Waals surface area contributed by atoms with Crippen LogP contribution in [-0.4, -0.2) is 12.8 Å². The van der Waals surface area contributed by atoms with E-state index in [0.29, 0.717) is 28.1 Å². The third kappa shape index (κ3) is 3.38. The van der Waals surface area contributed by atoms with E-state index in [4.69, 9.17) is 35.8 Å². The van der Waals surface area contributed by atoms with Crippen LogP contribution in [0.2, 0.25) is 10.0 Å². The lowest BCUT2D eigenvalue weighted by molar-refractivity contribution is 0.295. The minimum absolute atomic E-state index is 0.335. The number of aromatic nitrogens is 1. The van der Waals surface area contributed by atoms with Crippen molar-refractivity contribution in [2.24, 2.45) is 0 Å². The van der Waals surface area contributed by atoms with Crippen molar-refractivity contribution in [3.63, 3.8) is 0 Å². The van der Waals surface area contributed by atoms with E-state index in [1.165, 1.54) is 0 Å². The number of nitrogens with zero attached hydrogens (tertiary/aromatic N) is 1. The van der Waals surface area contributed by atoms with Crippen LogP contribution >= 0.6 is 23.2 Å². The molecule has 0 spiro atoms. The third-order valence-electron chi connectivity index (χ3n) is 2.12. The van der Waals surface area contributed by atoms with Gasteiger partial charge in [-0.15, -0.1) is 0 Å². The van der Waals surface area contributed by atoms with E-state index in [1.807, 2.05) is 12.1 Å². The lowest BCUT2D eigenvalue weighted by Gasteiger charge is -2.07. The normalized spacial score (nSPS) is 10.2. The fourth-order valence-corrected chi connectivity index (χ4v) is 1.56. The Morgan fingerprint density at radius 2 is 1.76 bits per heavy atom. The Labute approximate surface area is 111 Å². The number of halogens is 2. The number of rotatable bonds is 3. The summed E-state index contributed by atoms with van der Waals surface area (Å²) in [6.07, 6.45) is 0. The maximum absolute atomic E-state index is 5.92. The maximum Gasteiger partial charge on any atom is 0.232 e. The van der Waals surface area contributed by atoms with Crippen LogP contribution in [0.4, 0.5) is 0 Å². The Bertz CT molecular complexity index is 516. The van der Waals surface area contributed by atoms with Gasteiger partial charge in [0.1, 0.15) is 19.5 Å². The number of ether oxygens (including phenoxy) is 1. The molecule has 1 heterocycles. The molecule has 0 saturated heterocycles. The highest BCUT2D eigenvalue weighted by Gasteiger charge is 2.03. The molecular formula is C12H8BCl2NO. The van der Waals surface area contributed by atoms with Gasteiger partial charge in [-0.2, -0.15) is 0 Å². The first-order valence-corrected chi connectivity index (χ1v) is 5.70. The topological polar surface area (TPSA) is 22.1 Å². The summed E-state index contributed by atoms with van der Waals surface area (Å²) in [6, 6.07) is 10.6. The van der Waals surface area contributed by atoms with Gasteiger partial charge in [-0.25, -0.2) is 4.98 Å². The molecule has 2 rings (SSSR count). The first-order chi connectivity index (χ1) is 8.15. The van der Waals surface area contributed by atoms with E-state index in [1.54, 1.807) is 24.3 Å². The molecule has 5 heteroatoms. The zero-order chi connectivity index (χ0) is 12.3. The molecule has 0 atom stereocenters. The van der Waals surface area contributed by atoms with Crippen LogP contribution in [0.25, 0.3) is 0 Å². The van der Waals surface area contributed by atoms with Crippen molar-refractivity contribution in [2.75, 3.05) is 0 Å². The molecule has 84 valence electrons. The standard InChI is InChI=1S/C12H8BCl2NO/c13-11-6-5-10(15)12(16-11)17-7-8-1-3-9(14)4-2-8/h1-6H,7H2. The highest BCUT2D eigenvalue weighted by molar-refractivity contribution is 6.33. The Balaban J connectivity index is 2.07. The molecule has 0 aliphatic heterocycles. The fourth-order valence-electron chi connectivity index (χ4n) is 1.27. The molecule has 2 nitrogen and oxygen atoms in total. The first-order valence-electron chi connectivity index (χ1n) is 4.94. The molecule has 0 aliphatic rings. The highest BCUT2D eigenvalue weighted by atomic mass is 35.5. The molecule has 2 aromatic rings. The van der Waals surface area contributed by atoms with Gasteiger partial charge in [-0.1, -0.05) is 35.3 Å². The second-order valence-electron chi connectivity index (χ2n) is 3.44. The molecule has 0 N–H and O–H groups in total. The van der Waals surface area contributed by atoms with E-state index < -0.39 is 0 Å². The lowest BCUT2D eigenvalue weighted by atomic mass is 10.0. The second kappa shape index (κ2) is 5.43. The van der Waals surface area contributed by atoms with Gasteiger partial charge in [-0.05, 0) is 35.4 Å². The lowest BCUT2D eigenvalue weighted by Crippen LogP contribution is -2.09. The summed E-state index contributed by atoms with van der Waals surface area (Å²) in [6.45, 7) is 0.368.